The maximum absolute atomic E-state index is 12.0. The summed E-state index contributed by atoms with van der Waals surface area (Å²) in [6.45, 7) is 3.81. The Morgan fingerprint density at radius 2 is 1.94 bits per heavy atom. The molecule has 1 unspecified atom stereocenters. The molecule has 1 N–H and O–H groups in total. The molecule has 1 atom stereocenters. The molecule has 0 aromatic rings. The Hall–Kier alpha value is -0.660. The van der Waals surface area contributed by atoms with Gasteiger partial charge in [0.2, 0.25) is 15.9 Å². The number of carbonyl (C=O) groups is 1. The van der Waals surface area contributed by atoms with Gasteiger partial charge in [0.15, 0.2) is 0 Å². The Balaban J connectivity index is 1.80. The number of rotatable bonds is 3. The van der Waals surface area contributed by atoms with Crippen LogP contribution in [0.3, 0.4) is 0 Å². The van der Waals surface area contributed by atoms with Crippen LogP contribution < -0.4 is 5.32 Å². The summed E-state index contributed by atoms with van der Waals surface area (Å²) in [6.07, 6.45) is 2.87. The highest BCUT2D eigenvalue weighted by Crippen LogP contribution is 2.15. The zero-order chi connectivity index (χ0) is 13.2. The Labute approximate surface area is 108 Å². The quantitative estimate of drug-likeness (QED) is 0.724. The van der Waals surface area contributed by atoms with Crippen LogP contribution in [0.5, 0.6) is 0 Å². The average Bonchev–Trinajstić information content (AvgIpc) is 2.81. The summed E-state index contributed by atoms with van der Waals surface area (Å²) < 4.78 is 24.1. The summed E-state index contributed by atoms with van der Waals surface area (Å²) in [5.74, 6) is 0.613. The van der Waals surface area contributed by atoms with Crippen molar-refractivity contribution in [3.63, 3.8) is 0 Å². The number of nitrogens with zero attached hydrogens (tertiary/aromatic N) is 2. The van der Waals surface area contributed by atoms with Gasteiger partial charge in [0.25, 0.3) is 0 Å². The topological polar surface area (TPSA) is 69.7 Å². The lowest BCUT2D eigenvalue weighted by Gasteiger charge is -2.33. The minimum absolute atomic E-state index is 0.164. The van der Waals surface area contributed by atoms with Crippen LogP contribution in [0.4, 0.5) is 0 Å². The lowest BCUT2D eigenvalue weighted by Crippen LogP contribution is -2.50. The maximum Gasteiger partial charge on any atom is 0.222 e. The minimum atomic E-state index is -3.11. The highest BCUT2D eigenvalue weighted by molar-refractivity contribution is 7.88. The molecular weight excluding hydrogens is 254 g/mol. The molecule has 7 heteroatoms. The van der Waals surface area contributed by atoms with Crippen LogP contribution in [0.1, 0.15) is 12.8 Å². The molecule has 0 saturated carbocycles. The SMILES string of the molecule is CS(=O)(=O)N1CCN(C(=O)CC2CCNC2)CC1. The monoisotopic (exact) mass is 275 g/mol. The second kappa shape index (κ2) is 5.54. The normalized spacial score (nSPS) is 26.5. The Kier molecular flexibility index (Phi) is 4.24. The number of nitrogens with one attached hydrogen (secondary N) is 1. The molecule has 18 heavy (non-hydrogen) atoms. The fraction of sp³-hybridized carbons (Fsp3) is 0.909. The summed E-state index contributed by atoms with van der Waals surface area (Å²) in [6, 6.07) is 0. The predicted octanol–water partition coefficient (Wildman–Crippen LogP) is -0.910. The fourth-order valence-corrected chi connectivity index (χ4v) is 3.36. The molecular formula is C11H21N3O3S. The van der Waals surface area contributed by atoms with Gasteiger partial charge in [-0.1, -0.05) is 0 Å². The van der Waals surface area contributed by atoms with E-state index in [1.165, 1.54) is 10.6 Å². The van der Waals surface area contributed by atoms with Crippen LogP contribution in [-0.2, 0) is 14.8 Å². The molecule has 104 valence electrons. The third-order valence-electron chi connectivity index (χ3n) is 3.69. The van der Waals surface area contributed by atoms with Gasteiger partial charge in [-0.2, -0.15) is 4.31 Å². The van der Waals surface area contributed by atoms with Gasteiger partial charge in [-0.25, -0.2) is 8.42 Å². The lowest BCUT2D eigenvalue weighted by atomic mass is 10.0. The predicted molar refractivity (Wildman–Crippen MR) is 68.6 cm³/mol. The fourth-order valence-electron chi connectivity index (χ4n) is 2.53. The molecule has 2 rings (SSSR count). The van der Waals surface area contributed by atoms with E-state index in [2.05, 4.69) is 5.32 Å². The zero-order valence-corrected chi connectivity index (χ0v) is 11.6. The smallest absolute Gasteiger partial charge is 0.222 e. The van der Waals surface area contributed by atoms with Gasteiger partial charge in [0.05, 0.1) is 6.26 Å². The Morgan fingerprint density at radius 3 is 2.44 bits per heavy atom. The van der Waals surface area contributed by atoms with Gasteiger partial charge in [0, 0.05) is 32.6 Å². The molecule has 2 saturated heterocycles. The molecule has 0 bridgehead atoms. The molecule has 0 radical (unpaired) electrons. The molecule has 2 heterocycles. The first kappa shape index (κ1) is 13.8. The van der Waals surface area contributed by atoms with Crippen LogP contribution in [0.15, 0.2) is 0 Å². The van der Waals surface area contributed by atoms with Gasteiger partial charge in [-0.05, 0) is 25.4 Å². The van der Waals surface area contributed by atoms with Crippen molar-refractivity contribution < 1.29 is 13.2 Å². The van der Waals surface area contributed by atoms with E-state index in [-0.39, 0.29) is 5.91 Å². The van der Waals surface area contributed by atoms with E-state index in [1.807, 2.05) is 0 Å². The van der Waals surface area contributed by atoms with Crippen molar-refractivity contribution in [3.8, 4) is 0 Å². The average molecular weight is 275 g/mol. The van der Waals surface area contributed by atoms with E-state index in [0.29, 0.717) is 38.5 Å². The van der Waals surface area contributed by atoms with Crippen molar-refractivity contribution in [2.75, 3.05) is 45.5 Å². The minimum Gasteiger partial charge on any atom is -0.340 e. The van der Waals surface area contributed by atoms with Crippen LogP contribution >= 0.6 is 0 Å². The molecule has 0 aromatic heterocycles. The molecule has 6 nitrogen and oxygen atoms in total. The third-order valence-corrected chi connectivity index (χ3v) is 4.99. The van der Waals surface area contributed by atoms with E-state index in [9.17, 15) is 13.2 Å². The van der Waals surface area contributed by atoms with Gasteiger partial charge in [-0.15, -0.1) is 0 Å². The number of piperazine rings is 1. The highest BCUT2D eigenvalue weighted by atomic mass is 32.2. The molecule has 2 fully saturated rings. The van der Waals surface area contributed by atoms with Gasteiger partial charge in [-0.3, -0.25) is 4.79 Å². The molecule has 0 aromatic carbocycles. The summed E-state index contributed by atoms with van der Waals surface area (Å²) in [5.41, 5.74) is 0. The van der Waals surface area contributed by atoms with Crippen molar-refractivity contribution in [1.29, 1.82) is 0 Å². The van der Waals surface area contributed by atoms with Crippen molar-refractivity contribution in [2.24, 2.45) is 5.92 Å². The zero-order valence-electron chi connectivity index (χ0n) is 10.8. The third kappa shape index (κ3) is 3.43. The maximum atomic E-state index is 12.0. The van der Waals surface area contributed by atoms with E-state index in [0.717, 1.165) is 19.5 Å². The lowest BCUT2D eigenvalue weighted by molar-refractivity contribution is -0.133. The first-order valence-corrected chi connectivity index (χ1v) is 8.25. The second-order valence-electron chi connectivity index (χ2n) is 5.11. The van der Waals surface area contributed by atoms with E-state index in [4.69, 9.17) is 0 Å². The summed E-state index contributed by atoms with van der Waals surface area (Å²) >= 11 is 0. The van der Waals surface area contributed by atoms with Crippen molar-refractivity contribution >= 4 is 15.9 Å². The first-order chi connectivity index (χ1) is 8.47. The van der Waals surface area contributed by atoms with Gasteiger partial charge >= 0.3 is 0 Å². The van der Waals surface area contributed by atoms with Crippen molar-refractivity contribution in [3.05, 3.63) is 0 Å². The second-order valence-corrected chi connectivity index (χ2v) is 7.09. The first-order valence-electron chi connectivity index (χ1n) is 6.40. The number of hydrogen-bond donors (Lipinski definition) is 1. The summed E-state index contributed by atoms with van der Waals surface area (Å²) in [4.78, 5) is 13.8. The van der Waals surface area contributed by atoms with E-state index < -0.39 is 10.0 Å². The van der Waals surface area contributed by atoms with Crippen LogP contribution in [0.2, 0.25) is 0 Å². The standard InChI is InChI=1S/C11H21N3O3S/c1-18(16,17)14-6-4-13(5-7-14)11(15)8-10-2-3-12-9-10/h10,12H,2-9H2,1H3. The van der Waals surface area contributed by atoms with Crippen molar-refractivity contribution in [1.82, 2.24) is 14.5 Å². The van der Waals surface area contributed by atoms with Crippen molar-refractivity contribution in [2.45, 2.75) is 12.8 Å². The van der Waals surface area contributed by atoms with E-state index >= 15 is 0 Å². The number of amides is 1. The molecule has 2 aliphatic rings. The highest BCUT2D eigenvalue weighted by Gasteiger charge is 2.27. The van der Waals surface area contributed by atoms with Crippen LogP contribution in [0, 0.1) is 5.92 Å². The summed E-state index contributed by atoms with van der Waals surface area (Å²) in [5, 5.41) is 3.25. The largest absolute Gasteiger partial charge is 0.340 e. The number of carbonyl (C=O) groups excluding carboxylic acids is 1. The van der Waals surface area contributed by atoms with Gasteiger partial charge in [0.1, 0.15) is 0 Å². The number of hydrogen-bond acceptors (Lipinski definition) is 4. The van der Waals surface area contributed by atoms with Crippen LogP contribution in [-0.4, -0.2) is 69.1 Å². The Bertz CT molecular complexity index is 396. The van der Waals surface area contributed by atoms with Crippen LogP contribution in [0.25, 0.3) is 0 Å². The molecule has 0 spiro atoms. The summed E-state index contributed by atoms with van der Waals surface area (Å²) in [7, 11) is -3.11. The van der Waals surface area contributed by atoms with Gasteiger partial charge < -0.3 is 10.2 Å². The molecule has 1 amide bonds. The Morgan fingerprint density at radius 1 is 1.28 bits per heavy atom. The molecule has 2 aliphatic heterocycles. The van der Waals surface area contributed by atoms with E-state index in [1.54, 1.807) is 4.90 Å². The molecule has 0 aliphatic carbocycles. The number of sulfonamides is 1.